The molecule has 0 aliphatic carbocycles. The minimum absolute atomic E-state index is 0.00419. The van der Waals surface area contributed by atoms with E-state index in [0.29, 0.717) is 4.51 Å². The van der Waals surface area contributed by atoms with Crippen LogP contribution in [0.1, 0.15) is 26.2 Å². The summed E-state index contributed by atoms with van der Waals surface area (Å²) in [5, 5.41) is 0. The summed E-state index contributed by atoms with van der Waals surface area (Å²) in [5.74, 6) is 0. The highest BCUT2D eigenvalue weighted by Gasteiger charge is 2.09. The van der Waals surface area contributed by atoms with E-state index in [0.717, 1.165) is 25.2 Å². The van der Waals surface area contributed by atoms with Gasteiger partial charge in [0.25, 0.3) is 0 Å². The van der Waals surface area contributed by atoms with E-state index >= 15 is 0 Å². The molecule has 4 heteroatoms. The number of hydrogen-bond acceptors (Lipinski definition) is 4. The molecule has 0 aromatic heterocycles. The van der Waals surface area contributed by atoms with Crippen LogP contribution in [0.15, 0.2) is 10.9 Å². The van der Waals surface area contributed by atoms with Crippen molar-refractivity contribution >= 4 is 17.9 Å². The Kier molecular flexibility index (Phi) is 5.78. The van der Waals surface area contributed by atoms with Gasteiger partial charge in [0.05, 0.1) is 5.69 Å². The monoisotopic (exact) mass is 254 g/mol. The minimum atomic E-state index is 0.00419. The molecule has 0 N–H and O–H groups in total. The molecule has 0 bridgehead atoms. The Balaban J connectivity index is 2.18. The van der Waals surface area contributed by atoms with Gasteiger partial charge in [0.2, 0.25) is 5.43 Å². The molecule has 0 saturated carbocycles. The Morgan fingerprint density at radius 2 is 1.82 bits per heavy atom. The van der Waals surface area contributed by atoms with E-state index in [1.165, 1.54) is 19.4 Å². The standard InChI is InChI=1S/C13H22N2OS/c1-4-7-14(2)8-5-6-9-15(3)11-10-12(16)13(11)17/h10H,4-9H2,1-3H3. The van der Waals surface area contributed by atoms with Crippen LogP contribution in [0.3, 0.4) is 0 Å². The molecule has 0 unspecified atom stereocenters. The average molecular weight is 254 g/mol. The number of anilines is 1. The van der Waals surface area contributed by atoms with Crippen LogP contribution < -0.4 is 10.3 Å². The van der Waals surface area contributed by atoms with Crippen molar-refractivity contribution in [2.75, 3.05) is 38.6 Å². The van der Waals surface area contributed by atoms with Crippen molar-refractivity contribution in [1.29, 1.82) is 0 Å². The van der Waals surface area contributed by atoms with Crippen LogP contribution in [0.4, 0.5) is 5.69 Å². The third-order valence-corrected chi connectivity index (χ3v) is 3.43. The van der Waals surface area contributed by atoms with Gasteiger partial charge in [0.1, 0.15) is 4.51 Å². The first-order chi connectivity index (χ1) is 8.06. The number of nitrogens with zero attached hydrogens (tertiary/aromatic N) is 2. The summed E-state index contributed by atoms with van der Waals surface area (Å²) in [4.78, 5) is 15.4. The topological polar surface area (TPSA) is 23.6 Å². The first-order valence-electron chi connectivity index (χ1n) is 6.26. The predicted octanol–water partition coefficient (Wildman–Crippen LogP) is 2.21. The van der Waals surface area contributed by atoms with E-state index in [1.54, 1.807) is 6.07 Å². The van der Waals surface area contributed by atoms with Gasteiger partial charge in [-0.2, -0.15) is 0 Å². The largest absolute Gasteiger partial charge is 0.373 e. The summed E-state index contributed by atoms with van der Waals surface area (Å²) in [6.07, 6.45) is 3.53. The average Bonchev–Trinajstić information content (AvgIpc) is 2.31. The molecule has 0 atom stereocenters. The maximum atomic E-state index is 11.0. The Hall–Kier alpha value is -0.740. The van der Waals surface area contributed by atoms with Gasteiger partial charge in [0, 0.05) is 19.7 Å². The molecule has 17 heavy (non-hydrogen) atoms. The lowest BCUT2D eigenvalue weighted by atomic mass is 10.2. The molecular weight excluding hydrogens is 232 g/mol. The molecule has 0 spiro atoms. The number of unbranched alkanes of at least 4 members (excludes halogenated alkanes) is 1. The fourth-order valence-electron chi connectivity index (χ4n) is 1.93. The van der Waals surface area contributed by atoms with Crippen LogP contribution in [0.2, 0.25) is 0 Å². The molecule has 0 saturated heterocycles. The van der Waals surface area contributed by atoms with Crippen LogP contribution >= 0.6 is 12.2 Å². The highest BCUT2D eigenvalue weighted by molar-refractivity contribution is 7.71. The van der Waals surface area contributed by atoms with Crippen molar-refractivity contribution in [3.63, 3.8) is 0 Å². The zero-order valence-corrected chi connectivity index (χ0v) is 11.8. The van der Waals surface area contributed by atoms with E-state index in [1.807, 2.05) is 7.05 Å². The van der Waals surface area contributed by atoms with Crippen LogP contribution in [0, 0.1) is 4.51 Å². The van der Waals surface area contributed by atoms with Crippen LogP contribution in [0.5, 0.6) is 0 Å². The Labute approximate surface area is 109 Å². The molecule has 0 radical (unpaired) electrons. The fourth-order valence-corrected chi connectivity index (χ4v) is 2.21. The second-order valence-corrected chi connectivity index (χ2v) is 5.06. The molecule has 0 aliphatic heterocycles. The molecule has 0 amide bonds. The SMILES string of the molecule is CCCN(C)CCCCN(C)c1cc(=O)c1=S. The summed E-state index contributed by atoms with van der Waals surface area (Å²) in [7, 11) is 4.16. The number of rotatable bonds is 8. The van der Waals surface area contributed by atoms with Crippen molar-refractivity contribution in [3.8, 4) is 0 Å². The zero-order chi connectivity index (χ0) is 12.8. The molecule has 0 heterocycles. The smallest absolute Gasteiger partial charge is 0.200 e. The molecule has 0 aliphatic rings. The van der Waals surface area contributed by atoms with Gasteiger partial charge in [-0.3, -0.25) is 4.79 Å². The molecule has 1 rings (SSSR count). The zero-order valence-electron chi connectivity index (χ0n) is 11.0. The lowest BCUT2D eigenvalue weighted by molar-refractivity contribution is 0.327. The third-order valence-electron chi connectivity index (χ3n) is 3.02. The normalized spacial score (nSPS) is 11.3. The second kappa shape index (κ2) is 6.87. The van der Waals surface area contributed by atoms with Gasteiger partial charge < -0.3 is 9.80 Å². The lowest BCUT2D eigenvalue weighted by Gasteiger charge is -2.21. The summed E-state index contributed by atoms with van der Waals surface area (Å²) in [6, 6.07) is 1.63. The van der Waals surface area contributed by atoms with Crippen molar-refractivity contribution in [2.45, 2.75) is 26.2 Å². The maximum Gasteiger partial charge on any atom is 0.200 e. The van der Waals surface area contributed by atoms with Gasteiger partial charge >= 0.3 is 0 Å². The number of hydrogen-bond donors (Lipinski definition) is 0. The van der Waals surface area contributed by atoms with E-state index in [4.69, 9.17) is 12.2 Å². The first-order valence-corrected chi connectivity index (χ1v) is 6.67. The van der Waals surface area contributed by atoms with Crippen molar-refractivity contribution < 1.29 is 0 Å². The summed E-state index contributed by atoms with van der Waals surface area (Å²) >= 11 is 4.99. The fraction of sp³-hybridized carbons (Fsp3) is 0.692. The van der Waals surface area contributed by atoms with Gasteiger partial charge in [0.15, 0.2) is 0 Å². The summed E-state index contributed by atoms with van der Waals surface area (Å²) < 4.78 is 0.496. The van der Waals surface area contributed by atoms with Gasteiger partial charge in [-0.15, -0.1) is 0 Å². The van der Waals surface area contributed by atoms with Gasteiger partial charge in [-0.25, -0.2) is 0 Å². The van der Waals surface area contributed by atoms with Gasteiger partial charge in [-0.1, -0.05) is 19.1 Å². The van der Waals surface area contributed by atoms with Crippen LogP contribution in [-0.4, -0.2) is 38.6 Å². The Morgan fingerprint density at radius 3 is 2.35 bits per heavy atom. The minimum Gasteiger partial charge on any atom is -0.373 e. The molecule has 96 valence electrons. The Morgan fingerprint density at radius 1 is 1.18 bits per heavy atom. The summed E-state index contributed by atoms with van der Waals surface area (Å²) in [6.45, 7) is 5.48. The highest BCUT2D eigenvalue weighted by atomic mass is 32.1. The summed E-state index contributed by atoms with van der Waals surface area (Å²) in [5.41, 5.74) is 0.941. The molecule has 1 aromatic rings. The van der Waals surface area contributed by atoms with Crippen molar-refractivity contribution in [1.82, 2.24) is 4.90 Å². The van der Waals surface area contributed by atoms with E-state index in [9.17, 15) is 4.79 Å². The Bertz CT molecular complexity index is 409. The quantitative estimate of drug-likeness (QED) is 0.524. The van der Waals surface area contributed by atoms with E-state index in [-0.39, 0.29) is 5.43 Å². The third kappa shape index (κ3) is 4.21. The molecule has 0 fully saturated rings. The van der Waals surface area contributed by atoms with Crippen LogP contribution in [0.25, 0.3) is 0 Å². The second-order valence-electron chi connectivity index (χ2n) is 4.65. The van der Waals surface area contributed by atoms with Crippen molar-refractivity contribution in [3.05, 3.63) is 20.8 Å². The van der Waals surface area contributed by atoms with Crippen LogP contribution in [-0.2, 0) is 0 Å². The van der Waals surface area contributed by atoms with Gasteiger partial charge in [-0.05, 0) is 39.4 Å². The van der Waals surface area contributed by atoms with E-state index < -0.39 is 0 Å². The highest BCUT2D eigenvalue weighted by Crippen LogP contribution is 2.14. The molecular formula is C13H22N2OS. The van der Waals surface area contributed by atoms with Crippen molar-refractivity contribution in [2.24, 2.45) is 0 Å². The molecule has 1 aromatic carbocycles. The maximum absolute atomic E-state index is 11.0. The lowest BCUT2D eigenvalue weighted by Crippen LogP contribution is -2.26. The predicted molar refractivity (Wildman–Crippen MR) is 76.2 cm³/mol. The molecule has 3 nitrogen and oxygen atoms in total. The van der Waals surface area contributed by atoms with E-state index in [2.05, 4.69) is 23.8 Å². The first kappa shape index (κ1) is 14.3.